The van der Waals surface area contributed by atoms with Gasteiger partial charge in [-0.15, -0.1) is 0 Å². The van der Waals surface area contributed by atoms with E-state index in [1.165, 1.54) is 0 Å². The molecule has 2 aliphatic heterocycles. The maximum atomic E-state index is 13.1. The molecule has 2 aromatic carbocycles. The van der Waals surface area contributed by atoms with Gasteiger partial charge in [0.15, 0.2) is 27.3 Å². The largest absolute Gasteiger partial charge is 0.497 e. The monoisotopic (exact) mass is 605 g/mol. The van der Waals surface area contributed by atoms with E-state index in [1.54, 1.807) is 7.11 Å². The minimum Gasteiger partial charge on any atom is -0.497 e. The SMILES string of the molecule is COc1ccc2c(c1)[C@]1(C[C@H]1c1ccc3c(Nc4nc(C5CC5)nc(N5CCS(=O)(=O)CC5)c4Cl)n[nH]c3c1)C(=O)N2. The number of aromatic amines is 1. The fraction of sp³-hybridized carbons (Fsp3) is 0.379. The molecule has 0 unspecified atom stereocenters. The Labute approximate surface area is 246 Å². The van der Waals surface area contributed by atoms with Crippen molar-refractivity contribution < 1.29 is 17.9 Å². The van der Waals surface area contributed by atoms with Crippen molar-refractivity contribution in [2.24, 2.45) is 0 Å². The molecule has 2 aliphatic carbocycles. The molecule has 8 rings (SSSR count). The highest BCUT2D eigenvalue weighted by atomic mass is 35.5. The van der Waals surface area contributed by atoms with Crippen LogP contribution in [0.4, 0.5) is 23.1 Å². The smallest absolute Gasteiger partial charge is 0.235 e. The molecule has 0 bridgehead atoms. The van der Waals surface area contributed by atoms with Crippen molar-refractivity contribution in [3.63, 3.8) is 0 Å². The summed E-state index contributed by atoms with van der Waals surface area (Å²) >= 11 is 6.84. The number of halogens is 1. The van der Waals surface area contributed by atoms with E-state index < -0.39 is 15.3 Å². The first-order chi connectivity index (χ1) is 20.3. The summed E-state index contributed by atoms with van der Waals surface area (Å²) in [4.78, 5) is 24.5. The number of anilines is 4. The van der Waals surface area contributed by atoms with Gasteiger partial charge in [-0.3, -0.25) is 9.89 Å². The Bertz CT molecular complexity index is 1890. The van der Waals surface area contributed by atoms with E-state index in [4.69, 9.17) is 26.3 Å². The lowest BCUT2D eigenvalue weighted by Crippen LogP contribution is -2.41. The number of amides is 1. The number of ether oxygens (including phenoxy) is 1. The second-order valence-corrected chi connectivity index (χ2v) is 14.3. The zero-order valence-electron chi connectivity index (χ0n) is 22.8. The van der Waals surface area contributed by atoms with Crippen LogP contribution in [0, 0.1) is 0 Å². The summed E-state index contributed by atoms with van der Waals surface area (Å²) < 4.78 is 29.4. The quantitative estimate of drug-likeness (QED) is 0.294. The van der Waals surface area contributed by atoms with Crippen LogP contribution in [0.5, 0.6) is 5.75 Å². The molecule has 1 spiro atoms. The lowest BCUT2D eigenvalue weighted by Gasteiger charge is -2.29. The van der Waals surface area contributed by atoms with E-state index in [2.05, 4.69) is 26.9 Å². The van der Waals surface area contributed by atoms with Gasteiger partial charge in [-0.25, -0.2) is 18.4 Å². The number of carbonyl (C=O) groups is 1. The van der Waals surface area contributed by atoms with E-state index in [9.17, 15) is 13.2 Å². The van der Waals surface area contributed by atoms with E-state index in [0.29, 0.717) is 41.4 Å². The number of methoxy groups -OCH3 is 1. The summed E-state index contributed by atoms with van der Waals surface area (Å²) in [7, 11) is -1.42. The van der Waals surface area contributed by atoms with E-state index in [0.717, 1.165) is 52.7 Å². The lowest BCUT2D eigenvalue weighted by atomic mass is 9.91. The number of sulfone groups is 1. The maximum Gasteiger partial charge on any atom is 0.235 e. The Hall–Kier alpha value is -3.90. The molecule has 3 N–H and O–H groups in total. The van der Waals surface area contributed by atoms with Crippen LogP contribution < -0.4 is 20.3 Å². The van der Waals surface area contributed by atoms with Crippen LogP contribution in [0.15, 0.2) is 36.4 Å². The summed E-state index contributed by atoms with van der Waals surface area (Å²) in [6.07, 6.45) is 2.76. The van der Waals surface area contributed by atoms with Crippen molar-refractivity contribution in [1.29, 1.82) is 0 Å². The number of fused-ring (bicyclic) bond motifs is 3. The number of carbonyl (C=O) groups excluding carboxylic acids is 1. The second kappa shape index (κ2) is 9.05. The normalized spacial score (nSPS) is 24.1. The number of benzene rings is 2. The topological polar surface area (TPSA) is 142 Å². The molecule has 42 heavy (non-hydrogen) atoms. The molecule has 13 heteroatoms. The van der Waals surface area contributed by atoms with Crippen LogP contribution in [0.1, 0.15) is 48.0 Å². The summed E-state index contributed by atoms with van der Waals surface area (Å²) in [5.41, 5.74) is 3.12. The molecule has 1 amide bonds. The lowest BCUT2D eigenvalue weighted by molar-refractivity contribution is -0.118. The zero-order valence-corrected chi connectivity index (χ0v) is 24.3. The Kier molecular flexibility index (Phi) is 5.55. The number of hydrogen-bond donors (Lipinski definition) is 3. The number of nitrogens with one attached hydrogen (secondary N) is 3. The first kappa shape index (κ1) is 25.8. The van der Waals surface area contributed by atoms with Gasteiger partial charge in [0.25, 0.3) is 0 Å². The van der Waals surface area contributed by atoms with Gasteiger partial charge >= 0.3 is 0 Å². The van der Waals surface area contributed by atoms with Crippen molar-refractivity contribution in [2.45, 2.75) is 36.5 Å². The zero-order chi connectivity index (χ0) is 28.8. The fourth-order valence-electron chi connectivity index (χ4n) is 6.35. The standard InChI is InChI=1S/C29H28ClN7O4S/c1-41-17-5-7-21-19(13-17)29(28(38)31-21)14-20(29)16-4-6-18-22(12-16)35-36-25(18)33-26-23(30)27(34-24(32-26)15-2-3-15)37-8-10-42(39,40)11-9-37/h4-7,12-13,15,20H,2-3,8-11,14H2,1H3,(H,31,38)(H2,32,33,34,35,36)/t20-,29-/m0/s1. The van der Waals surface area contributed by atoms with Crippen molar-refractivity contribution in [1.82, 2.24) is 20.2 Å². The van der Waals surface area contributed by atoms with Gasteiger partial charge in [-0.05, 0) is 60.7 Å². The van der Waals surface area contributed by atoms with Gasteiger partial charge in [0.05, 0.1) is 29.5 Å². The third kappa shape index (κ3) is 4.03. The molecule has 4 heterocycles. The van der Waals surface area contributed by atoms with Gasteiger partial charge in [0.2, 0.25) is 5.91 Å². The molecule has 2 saturated carbocycles. The molecule has 3 fully saturated rings. The van der Waals surface area contributed by atoms with E-state index in [-0.39, 0.29) is 29.2 Å². The van der Waals surface area contributed by atoms with Gasteiger partial charge in [0.1, 0.15) is 16.6 Å². The Balaban J connectivity index is 1.09. The molecule has 216 valence electrons. The molecule has 4 aliphatic rings. The predicted molar refractivity (Wildman–Crippen MR) is 160 cm³/mol. The van der Waals surface area contributed by atoms with Gasteiger partial charge in [0, 0.05) is 36.0 Å². The van der Waals surface area contributed by atoms with E-state index in [1.807, 2.05) is 35.2 Å². The fourth-order valence-corrected chi connectivity index (χ4v) is 7.81. The van der Waals surface area contributed by atoms with Crippen LogP contribution in [0.3, 0.4) is 0 Å². The van der Waals surface area contributed by atoms with Crippen molar-refractivity contribution in [3.8, 4) is 5.75 Å². The van der Waals surface area contributed by atoms with Crippen LogP contribution in [-0.2, 0) is 20.0 Å². The molecule has 2 aromatic heterocycles. The molecule has 11 nitrogen and oxygen atoms in total. The van der Waals surface area contributed by atoms with Crippen LogP contribution in [0.25, 0.3) is 10.9 Å². The molecule has 1 saturated heterocycles. The average molecular weight is 606 g/mol. The highest BCUT2D eigenvalue weighted by Crippen LogP contribution is 2.65. The average Bonchev–Trinajstić information content (AvgIpc) is 3.90. The van der Waals surface area contributed by atoms with Crippen LogP contribution in [-0.4, -0.2) is 66.2 Å². The Morgan fingerprint density at radius 3 is 2.67 bits per heavy atom. The second-order valence-electron chi connectivity index (χ2n) is 11.6. The summed E-state index contributed by atoms with van der Waals surface area (Å²) in [6.45, 7) is 0.684. The summed E-state index contributed by atoms with van der Waals surface area (Å²) in [5.74, 6) is 3.51. The molecular formula is C29H28ClN7O4S. The van der Waals surface area contributed by atoms with Crippen molar-refractivity contribution in [2.75, 3.05) is 47.2 Å². The highest BCUT2D eigenvalue weighted by molar-refractivity contribution is 7.91. The minimum atomic E-state index is -3.05. The first-order valence-electron chi connectivity index (χ1n) is 14.0. The summed E-state index contributed by atoms with van der Waals surface area (Å²) in [5, 5.41) is 15.2. The Morgan fingerprint density at radius 2 is 1.90 bits per heavy atom. The number of H-pyrrole nitrogens is 1. The first-order valence-corrected chi connectivity index (χ1v) is 16.2. The maximum absolute atomic E-state index is 13.1. The van der Waals surface area contributed by atoms with E-state index >= 15 is 0 Å². The number of rotatable bonds is 6. The minimum absolute atomic E-state index is 0.0230. The van der Waals surface area contributed by atoms with Crippen LogP contribution in [0.2, 0.25) is 5.02 Å². The number of aromatic nitrogens is 4. The van der Waals surface area contributed by atoms with Crippen molar-refractivity contribution in [3.05, 3.63) is 58.4 Å². The summed E-state index contributed by atoms with van der Waals surface area (Å²) in [6, 6.07) is 11.8. The molecular weight excluding hydrogens is 578 g/mol. The highest BCUT2D eigenvalue weighted by Gasteiger charge is 2.65. The molecule has 0 radical (unpaired) electrons. The predicted octanol–water partition coefficient (Wildman–Crippen LogP) is 4.25. The number of hydrogen-bond acceptors (Lipinski definition) is 9. The van der Waals surface area contributed by atoms with Gasteiger partial charge in [-0.1, -0.05) is 17.7 Å². The molecule has 2 atom stereocenters. The Morgan fingerprint density at radius 1 is 1.10 bits per heavy atom. The third-order valence-electron chi connectivity index (χ3n) is 8.99. The molecule has 4 aromatic rings. The van der Waals surface area contributed by atoms with Gasteiger partial charge < -0.3 is 20.3 Å². The third-order valence-corrected chi connectivity index (χ3v) is 10.9. The van der Waals surface area contributed by atoms with Crippen LogP contribution >= 0.6 is 11.6 Å². The number of nitrogens with zero attached hydrogens (tertiary/aromatic N) is 4. The van der Waals surface area contributed by atoms with Gasteiger partial charge in [-0.2, -0.15) is 5.10 Å². The van der Waals surface area contributed by atoms with Crippen molar-refractivity contribution >= 4 is 61.4 Å².